The van der Waals surface area contributed by atoms with Crippen molar-refractivity contribution in [1.29, 1.82) is 0 Å². The van der Waals surface area contributed by atoms with Crippen LogP contribution in [-0.4, -0.2) is 40.2 Å². The number of carbonyl (C=O) groups excluding carboxylic acids is 1. The summed E-state index contributed by atoms with van der Waals surface area (Å²) in [6, 6.07) is 5.91. The lowest BCUT2D eigenvalue weighted by atomic mass is 10.2. The summed E-state index contributed by atoms with van der Waals surface area (Å²) >= 11 is 0. The van der Waals surface area contributed by atoms with Crippen molar-refractivity contribution in [3.63, 3.8) is 0 Å². The van der Waals surface area contributed by atoms with Gasteiger partial charge in [0.05, 0.1) is 18.1 Å². The average Bonchev–Trinajstić information content (AvgIpc) is 2.86. The summed E-state index contributed by atoms with van der Waals surface area (Å²) in [5, 5.41) is 2.88. The van der Waals surface area contributed by atoms with Gasteiger partial charge in [0.2, 0.25) is 0 Å². The van der Waals surface area contributed by atoms with Crippen LogP contribution in [-0.2, 0) is 23.8 Å². The summed E-state index contributed by atoms with van der Waals surface area (Å²) in [5.74, 6) is -0.413. The molecule has 0 spiro atoms. The summed E-state index contributed by atoms with van der Waals surface area (Å²) in [6.45, 7) is 2.17. The third-order valence-electron chi connectivity index (χ3n) is 3.15. The third kappa shape index (κ3) is 3.36. The summed E-state index contributed by atoms with van der Waals surface area (Å²) in [5.41, 5.74) is 0.970. The first-order valence-electron chi connectivity index (χ1n) is 6.23. The number of hydrogen-bond acceptors (Lipinski definition) is 6. The van der Waals surface area contributed by atoms with Crippen LogP contribution in [0.4, 0.5) is 0 Å². The molecule has 1 heterocycles. The van der Waals surface area contributed by atoms with Crippen LogP contribution >= 0.6 is 0 Å². The standard InChI is InChI=1S/C13H17NO5S/c1-9-3-5-11(6-4-9)20(16,17)19-10-7-12(14-8-10)13(15)18-2/h3-6,10,12,14H,7-8H2,1-2H3/t10-,12-/m0/s1. The largest absolute Gasteiger partial charge is 0.468 e. The Bertz CT molecular complexity index is 581. The predicted octanol–water partition coefficient (Wildman–Crippen LogP) is 0.604. The Balaban J connectivity index is 2.03. The monoisotopic (exact) mass is 299 g/mol. The molecule has 1 saturated heterocycles. The molecule has 1 aromatic carbocycles. The number of carbonyl (C=O) groups is 1. The van der Waals surface area contributed by atoms with E-state index in [4.69, 9.17) is 4.18 Å². The molecule has 1 aliphatic heterocycles. The van der Waals surface area contributed by atoms with Crippen LogP contribution in [0.1, 0.15) is 12.0 Å². The molecule has 0 amide bonds. The summed E-state index contributed by atoms with van der Waals surface area (Å²) in [6.07, 6.45) is -0.289. The second-order valence-electron chi connectivity index (χ2n) is 4.71. The van der Waals surface area contributed by atoms with E-state index < -0.39 is 28.2 Å². The minimum Gasteiger partial charge on any atom is -0.468 e. The SMILES string of the molecule is COC(=O)[C@@H]1C[C@H](OS(=O)(=O)c2ccc(C)cc2)CN1. The van der Waals surface area contributed by atoms with E-state index >= 15 is 0 Å². The van der Waals surface area contributed by atoms with Crippen molar-refractivity contribution in [3.8, 4) is 0 Å². The Kier molecular flexibility index (Phi) is 4.42. The molecule has 1 N–H and O–H groups in total. The Morgan fingerprint density at radius 1 is 1.30 bits per heavy atom. The van der Waals surface area contributed by atoms with Crippen molar-refractivity contribution in [2.45, 2.75) is 30.4 Å². The van der Waals surface area contributed by atoms with Crippen LogP contribution in [0.5, 0.6) is 0 Å². The zero-order chi connectivity index (χ0) is 14.8. The van der Waals surface area contributed by atoms with E-state index in [1.807, 2.05) is 6.92 Å². The topological polar surface area (TPSA) is 81.7 Å². The lowest BCUT2D eigenvalue weighted by molar-refractivity contribution is -0.142. The Labute approximate surface area is 118 Å². The highest BCUT2D eigenvalue weighted by Gasteiger charge is 2.34. The van der Waals surface area contributed by atoms with Crippen LogP contribution < -0.4 is 5.32 Å². The molecule has 7 heteroatoms. The zero-order valence-electron chi connectivity index (χ0n) is 11.3. The molecule has 1 aliphatic rings. The summed E-state index contributed by atoms with van der Waals surface area (Å²) in [7, 11) is -2.52. The minimum atomic E-state index is -3.81. The second kappa shape index (κ2) is 5.90. The molecule has 20 heavy (non-hydrogen) atoms. The van der Waals surface area contributed by atoms with Crippen molar-refractivity contribution < 1.29 is 22.1 Å². The Morgan fingerprint density at radius 2 is 1.95 bits per heavy atom. The lowest BCUT2D eigenvalue weighted by Gasteiger charge is -2.11. The first kappa shape index (κ1) is 15.0. The van der Waals surface area contributed by atoms with Crippen molar-refractivity contribution in [1.82, 2.24) is 5.32 Å². The smallest absolute Gasteiger partial charge is 0.322 e. The molecular weight excluding hydrogens is 282 g/mol. The van der Waals surface area contributed by atoms with E-state index in [1.54, 1.807) is 12.1 Å². The lowest BCUT2D eigenvalue weighted by Crippen LogP contribution is -2.31. The van der Waals surface area contributed by atoms with Crippen LogP contribution in [0.2, 0.25) is 0 Å². The number of hydrogen-bond donors (Lipinski definition) is 1. The fourth-order valence-corrected chi connectivity index (χ4v) is 3.12. The molecule has 0 aliphatic carbocycles. The third-order valence-corrected chi connectivity index (χ3v) is 4.52. The van der Waals surface area contributed by atoms with Gasteiger partial charge in [-0.1, -0.05) is 17.7 Å². The van der Waals surface area contributed by atoms with Gasteiger partial charge < -0.3 is 10.1 Å². The van der Waals surface area contributed by atoms with Crippen molar-refractivity contribution >= 4 is 16.1 Å². The molecule has 6 nitrogen and oxygen atoms in total. The second-order valence-corrected chi connectivity index (χ2v) is 6.28. The number of methoxy groups -OCH3 is 1. The molecule has 0 aromatic heterocycles. The van der Waals surface area contributed by atoms with E-state index in [-0.39, 0.29) is 11.3 Å². The Morgan fingerprint density at radius 3 is 2.55 bits per heavy atom. The number of esters is 1. The first-order chi connectivity index (χ1) is 9.42. The van der Waals surface area contributed by atoms with Gasteiger partial charge in [-0.25, -0.2) is 0 Å². The predicted molar refractivity (Wildman–Crippen MR) is 71.7 cm³/mol. The van der Waals surface area contributed by atoms with Crippen molar-refractivity contribution in [2.24, 2.45) is 0 Å². The molecule has 2 atom stereocenters. The van der Waals surface area contributed by atoms with Gasteiger partial charge in [0.25, 0.3) is 10.1 Å². The van der Waals surface area contributed by atoms with Gasteiger partial charge in [-0.05, 0) is 19.1 Å². The van der Waals surface area contributed by atoms with Gasteiger partial charge in [0, 0.05) is 13.0 Å². The van der Waals surface area contributed by atoms with Crippen LogP contribution in [0.3, 0.4) is 0 Å². The average molecular weight is 299 g/mol. The minimum absolute atomic E-state index is 0.115. The number of benzene rings is 1. The molecule has 1 fully saturated rings. The Hall–Kier alpha value is -1.44. The van der Waals surface area contributed by atoms with Gasteiger partial charge in [-0.15, -0.1) is 0 Å². The van der Waals surface area contributed by atoms with Crippen LogP contribution in [0, 0.1) is 6.92 Å². The molecule has 0 radical (unpaired) electrons. The van der Waals surface area contributed by atoms with E-state index in [0.29, 0.717) is 6.54 Å². The van der Waals surface area contributed by atoms with Crippen molar-refractivity contribution in [3.05, 3.63) is 29.8 Å². The van der Waals surface area contributed by atoms with Gasteiger partial charge in [-0.3, -0.25) is 8.98 Å². The number of ether oxygens (including phenoxy) is 1. The molecule has 110 valence electrons. The van der Waals surface area contributed by atoms with Crippen LogP contribution in [0.25, 0.3) is 0 Å². The highest BCUT2D eigenvalue weighted by Crippen LogP contribution is 2.19. The summed E-state index contributed by atoms with van der Waals surface area (Å²) < 4.78 is 33.9. The van der Waals surface area contributed by atoms with E-state index in [1.165, 1.54) is 19.2 Å². The highest BCUT2D eigenvalue weighted by atomic mass is 32.2. The molecule has 2 rings (SSSR count). The fourth-order valence-electron chi connectivity index (χ4n) is 2.04. The fraction of sp³-hybridized carbons (Fsp3) is 0.462. The van der Waals surface area contributed by atoms with E-state index in [2.05, 4.69) is 10.1 Å². The quantitative estimate of drug-likeness (QED) is 0.648. The maximum absolute atomic E-state index is 12.1. The highest BCUT2D eigenvalue weighted by molar-refractivity contribution is 7.86. The van der Waals surface area contributed by atoms with E-state index in [9.17, 15) is 13.2 Å². The summed E-state index contributed by atoms with van der Waals surface area (Å²) in [4.78, 5) is 11.5. The first-order valence-corrected chi connectivity index (χ1v) is 7.64. The number of aryl methyl sites for hydroxylation is 1. The molecule has 1 aromatic rings. The molecule has 0 saturated carbocycles. The maximum Gasteiger partial charge on any atom is 0.322 e. The van der Waals surface area contributed by atoms with Crippen molar-refractivity contribution in [2.75, 3.05) is 13.7 Å². The number of nitrogens with one attached hydrogen (secondary N) is 1. The maximum atomic E-state index is 12.1. The number of rotatable bonds is 4. The zero-order valence-corrected chi connectivity index (χ0v) is 12.1. The van der Waals surface area contributed by atoms with Gasteiger partial charge in [0.1, 0.15) is 6.04 Å². The van der Waals surface area contributed by atoms with Gasteiger partial charge >= 0.3 is 5.97 Å². The van der Waals surface area contributed by atoms with Gasteiger partial charge in [-0.2, -0.15) is 8.42 Å². The molecule has 0 unspecified atom stereocenters. The van der Waals surface area contributed by atoms with E-state index in [0.717, 1.165) is 5.56 Å². The normalized spacial score (nSPS) is 22.7. The molecular formula is C13H17NO5S. The van der Waals surface area contributed by atoms with Gasteiger partial charge in [0.15, 0.2) is 0 Å². The van der Waals surface area contributed by atoms with Crippen LogP contribution in [0.15, 0.2) is 29.2 Å². The molecule has 0 bridgehead atoms.